The molecule has 4 heteroatoms. The van der Waals surface area contributed by atoms with Crippen molar-refractivity contribution in [3.05, 3.63) is 0 Å². The van der Waals surface area contributed by atoms with E-state index in [2.05, 4.69) is 5.32 Å². The first kappa shape index (κ1) is 12.7. The molecule has 1 heterocycles. The number of rotatable bonds is 1. The topological polar surface area (TPSA) is 41.6 Å². The number of urea groups is 1. The molecule has 0 aromatic carbocycles. The Morgan fingerprint density at radius 1 is 1.35 bits per heavy atom. The molecule has 1 saturated heterocycles. The van der Waals surface area contributed by atoms with Gasteiger partial charge in [-0.05, 0) is 33.6 Å². The molecule has 0 spiro atoms. The lowest BCUT2D eigenvalue weighted by Gasteiger charge is -2.41. The molecule has 1 saturated carbocycles. The van der Waals surface area contributed by atoms with Crippen LogP contribution in [0, 0.1) is 0 Å². The summed E-state index contributed by atoms with van der Waals surface area (Å²) in [5, 5.41) is 3.14. The fourth-order valence-corrected chi connectivity index (χ4v) is 2.94. The third kappa shape index (κ3) is 3.35. The van der Waals surface area contributed by atoms with Crippen molar-refractivity contribution in [3.8, 4) is 0 Å². The first-order valence-electron chi connectivity index (χ1n) is 6.69. The van der Waals surface area contributed by atoms with Crippen molar-refractivity contribution in [2.45, 2.75) is 64.2 Å². The van der Waals surface area contributed by atoms with Gasteiger partial charge in [0.15, 0.2) is 0 Å². The largest absolute Gasteiger partial charge is 0.369 e. The standard InChI is InChI=1S/C13H24N2O2/c1-10-8-15(9-13(2,3)17-10)12(16)14-11-6-4-5-7-11/h10-11H,4-9H2,1-3H3,(H,14,16). The normalized spacial score (nSPS) is 29.4. The van der Waals surface area contributed by atoms with Crippen molar-refractivity contribution in [2.75, 3.05) is 13.1 Å². The van der Waals surface area contributed by atoms with Gasteiger partial charge >= 0.3 is 6.03 Å². The van der Waals surface area contributed by atoms with Crippen LogP contribution in [0.25, 0.3) is 0 Å². The summed E-state index contributed by atoms with van der Waals surface area (Å²) >= 11 is 0. The molecule has 2 aliphatic rings. The highest BCUT2D eigenvalue weighted by atomic mass is 16.5. The number of ether oxygens (including phenoxy) is 1. The van der Waals surface area contributed by atoms with Crippen LogP contribution in [0.2, 0.25) is 0 Å². The van der Waals surface area contributed by atoms with Gasteiger partial charge in [-0.15, -0.1) is 0 Å². The molecule has 4 nitrogen and oxygen atoms in total. The van der Waals surface area contributed by atoms with Crippen LogP contribution in [0.4, 0.5) is 4.79 Å². The maximum atomic E-state index is 12.1. The maximum absolute atomic E-state index is 12.1. The Balaban J connectivity index is 1.89. The molecule has 98 valence electrons. The molecule has 0 aromatic rings. The van der Waals surface area contributed by atoms with Crippen molar-refractivity contribution in [1.82, 2.24) is 10.2 Å². The third-order valence-corrected chi connectivity index (χ3v) is 3.54. The van der Waals surface area contributed by atoms with Gasteiger partial charge in [0.1, 0.15) is 0 Å². The van der Waals surface area contributed by atoms with Gasteiger partial charge in [-0.3, -0.25) is 0 Å². The molecular weight excluding hydrogens is 216 g/mol. The summed E-state index contributed by atoms with van der Waals surface area (Å²) in [4.78, 5) is 14.0. The number of carbonyl (C=O) groups is 1. The van der Waals surface area contributed by atoms with Gasteiger partial charge in [-0.1, -0.05) is 12.8 Å². The zero-order chi connectivity index (χ0) is 12.5. The van der Waals surface area contributed by atoms with Crippen molar-refractivity contribution < 1.29 is 9.53 Å². The number of carbonyl (C=O) groups excluding carboxylic acids is 1. The Bertz CT molecular complexity index is 285. The van der Waals surface area contributed by atoms with Crippen LogP contribution in [0.1, 0.15) is 46.5 Å². The van der Waals surface area contributed by atoms with Crippen LogP contribution in [-0.4, -0.2) is 41.8 Å². The SMILES string of the molecule is CC1CN(C(=O)NC2CCCC2)CC(C)(C)O1. The van der Waals surface area contributed by atoms with E-state index in [9.17, 15) is 4.79 Å². The number of hydrogen-bond donors (Lipinski definition) is 1. The number of amides is 2. The Labute approximate surface area is 104 Å². The molecule has 1 atom stereocenters. The number of hydrogen-bond acceptors (Lipinski definition) is 2. The van der Waals surface area contributed by atoms with E-state index in [1.165, 1.54) is 12.8 Å². The average Bonchev–Trinajstić information content (AvgIpc) is 2.67. The second-order valence-electron chi connectivity index (χ2n) is 6.00. The van der Waals surface area contributed by atoms with Gasteiger partial charge in [0.2, 0.25) is 0 Å². The quantitative estimate of drug-likeness (QED) is 0.763. The van der Waals surface area contributed by atoms with Crippen LogP contribution in [-0.2, 0) is 4.74 Å². The van der Waals surface area contributed by atoms with E-state index in [0.29, 0.717) is 19.1 Å². The van der Waals surface area contributed by atoms with Crippen LogP contribution < -0.4 is 5.32 Å². The van der Waals surface area contributed by atoms with Gasteiger partial charge in [0.25, 0.3) is 0 Å². The minimum absolute atomic E-state index is 0.0834. The van der Waals surface area contributed by atoms with E-state index < -0.39 is 0 Å². The lowest BCUT2D eigenvalue weighted by Crippen LogP contribution is -2.57. The van der Waals surface area contributed by atoms with Crippen molar-refractivity contribution in [1.29, 1.82) is 0 Å². The van der Waals surface area contributed by atoms with E-state index >= 15 is 0 Å². The molecule has 0 aromatic heterocycles. The Kier molecular flexibility index (Phi) is 3.61. The Hall–Kier alpha value is -0.770. The fourth-order valence-electron chi connectivity index (χ4n) is 2.94. The lowest BCUT2D eigenvalue weighted by molar-refractivity contribution is -0.117. The second-order valence-corrected chi connectivity index (χ2v) is 6.00. The monoisotopic (exact) mass is 240 g/mol. The smallest absolute Gasteiger partial charge is 0.317 e. The minimum atomic E-state index is -0.231. The third-order valence-electron chi connectivity index (χ3n) is 3.54. The first-order valence-corrected chi connectivity index (χ1v) is 6.69. The number of morpholine rings is 1. The average molecular weight is 240 g/mol. The number of nitrogens with zero attached hydrogens (tertiary/aromatic N) is 1. The van der Waals surface area contributed by atoms with E-state index in [4.69, 9.17) is 4.74 Å². The molecule has 0 bridgehead atoms. The highest BCUT2D eigenvalue weighted by molar-refractivity contribution is 5.74. The van der Waals surface area contributed by atoms with Crippen molar-refractivity contribution in [3.63, 3.8) is 0 Å². The van der Waals surface area contributed by atoms with Gasteiger partial charge in [-0.2, -0.15) is 0 Å². The predicted molar refractivity (Wildman–Crippen MR) is 67.0 cm³/mol. The van der Waals surface area contributed by atoms with Gasteiger partial charge in [-0.25, -0.2) is 4.79 Å². The van der Waals surface area contributed by atoms with Crippen molar-refractivity contribution >= 4 is 6.03 Å². The summed E-state index contributed by atoms with van der Waals surface area (Å²) < 4.78 is 5.80. The molecule has 1 aliphatic carbocycles. The first-order chi connectivity index (χ1) is 7.96. The van der Waals surface area contributed by atoms with Crippen LogP contribution in [0.5, 0.6) is 0 Å². The highest BCUT2D eigenvalue weighted by Gasteiger charge is 2.34. The lowest BCUT2D eigenvalue weighted by atomic mass is 10.1. The fraction of sp³-hybridized carbons (Fsp3) is 0.923. The summed E-state index contributed by atoms with van der Waals surface area (Å²) in [6.07, 6.45) is 4.88. The molecule has 1 N–H and O–H groups in total. The number of nitrogens with one attached hydrogen (secondary N) is 1. The van der Waals surface area contributed by atoms with Gasteiger partial charge in [0, 0.05) is 12.6 Å². The molecule has 1 aliphatic heterocycles. The Morgan fingerprint density at radius 3 is 2.59 bits per heavy atom. The molecule has 1 unspecified atom stereocenters. The van der Waals surface area contributed by atoms with Crippen LogP contribution in [0.3, 0.4) is 0 Å². The highest BCUT2D eigenvalue weighted by Crippen LogP contribution is 2.22. The predicted octanol–water partition coefficient (Wildman–Crippen LogP) is 2.14. The van der Waals surface area contributed by atoms with Gasteiger partial charge < -0.3 is 15.0 Å². The zero-order valence-electron chi connectivity index (χ0n) is 11.2. The Morgan fingerprint density at radius 2 is 2.00 bits per heavy atom. The van der Waals surface area contributed by atoms with E-state index in [1.54, 1.807) is 0 Å². The molecule has 2 rings (SSSR count). The van der Waals surface area contributed by atoms with E-state index in [0.717, 1.165) is 12.8 Å². The maximum Gasteiger partial charge on any atom is 0.317 e. The summed E-state index contributed by atoms with van der Waals surface area (Å²) in [7, 11) is 0. The molecule has 2 amide bonds. The van der Waals surface area contributed by atoms with Crippen molar-refractivity contribution in [2.24, 2.45) is 0 Å². The molecule has 2 fully saturated rings. The van der Waals surface area contributed by atoms with Crippen LogP contribution >= 0.6 is 0 Å². The summed E-state index contributed by atoms with van der Waals surface area (Å²) in [5.74, 6) is 0. The molecule has 0 radical (unpaired) electrons. The zero-order valence-corrected chi connectivity index (χ0v) is 11.2. The van der Waals surface area contributed by atoms with Crippen LogP contribution in [0.15, 0.2) is 0 Å². The summed E-state index contributed by atoms with van der Waals surface area (Å²) in [5.41, 5.74) is -0.231. The minimum Gasteiger partial charge on any atom is -0.369 e. The molecular formula is C13H24N2O2. The summed E-state index contributed by atoms with van der Waals surface area (Å²) in [6.45, 7) is 7.48. The van der Waals surface area contributed by atoms with E-state index in [1.807, 2.05) is 25.7 Å². The summed E-state index contributed by atoms with van der Waals surface area (Å²) in [6, 6.07) is 0.476. The molecule has 17 heavy (non-hydrogen) atoms. The van der Waals surface area contributed by atoms with Gasteiger partial charge in [0.05, 0.1) is 18.2 Å². The second kappa shape index (κ2) is 4.84. The van der Waals surface area contributed by atoms with E-state index in [-0.39, 0.29) is 17.7 Å².